The van der Waals surface area contributed by atoms with E-state index in [1.165, 1.54) is 17.4 Å². The number of amides is 1. The number of hydrogen-bond acceptors (Lipinski definition) is 6. The van der Waals surface area contributed by atoms with E-state index >= 15 is 0 Å². The van der Waals surface area contributed by atoms with E-state index in [1.54, 1.807) is 43.5 Å². The van der Waals surface area contributed by atoms with Gasteiger partial charge in [0.05, 0.1) is 27.2 Å². The first-order valence-electron chi connectivity index (χ1n) is 9.52. The number of methoxy groups -OCH3 is 1. The molecule has 1 heterocycles. The molecular weight excluding hydrogens is 422 g/mol. The summed E-state index contributed by atoms with van der Waals surface area (Å²) in [5.41, 5.74) is 1.32. The highest BCUT2D eigenvalue weighted by Crippen LogP contribution is 2.25. The van der Waals surface area contributed by atoms with Crippen LogP contribution < -0.4 is 14.8 Å². The van der Waals surface area contributed by atoms with E-state index in [1.807, 2.05) is 20.8 Å². The van der Waals surface area contributed by atoms with Gasteiger partial charge in [0.15, 0.2) is 0 Å². The van der Waals surface area contributed by atoms with Crippen LogP contribution in [0.1, 0.15) is 25.3 Å². The van der Waals surface area contributed by atoms with Crippen molar-refractivity contribution in [3.63, 3.8) is 0 Å². The number of fused-ring (bicyclic) bond motifs is 1. The number of ether oxygens (including phenoxy) is 1. The van der Waals surface area contributed by atoms with Crippen LogP contribution in [0.15, 0.2) is 47.4 Å². The van der Waals surface area contributed by atoms with E-state index in [0.717, 1.165) is 15.2 Å². The number of rotatable bonds is 8. The molecule has 1 amide bonds. The van der Waals surface area contributed by atoms with Gasteiger partial charge in [-0.3, -0.25) is 4.79 Å². The molecule has 0 aliphatic heterocycles. The molecule has 7 nitrogen and oxygen atoms in total. The molecule has 0 aliphatic carbocycles. The summed E-state index contributed by atoms with van der Waals surface area (Å²) in [6, 6.07) is 10.7. The van der Waals surface area contributed by atoms with Gasteiger partial charge in [-0.15, -0.1) is 11.3 Å². The van der Waals surface area contributed by atoms with E-state index in [4.69, 9.17) is 4.74 Å². The van der Waals surface area contributed by atoms with Gasteiger partial charge >= 0.3 is 0 Å². The van der Waals surface area contributed by atoms with Crippen LogP contribution in [0, 0.1) is 12.8 Å². The number of hydrogen-bond donors (Lipinski definition) is 2. The number of aromatic nitrogens is 1. The van der Waals surface area contributed by atoms with Gasteiger partial charge in [0.25, 0.3) is 0 Å². The fraction of sp³-hybridized carbons (Fsp3) is 0.333. The molecule has 1 unspecified atom stereocenters. The summed E-state index contributed by atoms with van der Waals surface area (Å²) < 4.78 is 34.5. The van der Waals surface area contributed by atoms with E-state index < -0.39 is 22.0 Å². The second-order valence-electron chi connectivity index (χ2n) is 7.38. The Balaban J connectivity index is 1.81. The number of nitrogens with zero attached hydrogens (tertiary/aromatic N) is 1. The van der Waals surface area contributed by atoms with Gasteiger partial charge in [0.1, 0.15) is 11.8 Å². The van der Waals surface area contributed by atoms with Gasteiger partial charge in [-0.2, -0.15) is 4.72 Å². The van der Waals surface area contributed by atoms with Gasteiger partial charge in [-0.1, -0.05) is 13.8 Å². The summed E-state index contributed by atoms with van der Waals surface area (Å²) in [7, 11) is -2.33. The van der Waals surface area contributed by atoms with Crippen LogP contribution in [-0.2, 0) is 14.8 Å². The fourth-order valence-corrected chi connectivity index (χ4v) is 5.20. The van der Waals surface area contributed by atoms with E-state index in [-0.39, 0.29) is 10.8 Å². The summed E-state index contributed by atoms with van der Waals surface area (Å²) >= 11 is 1.43. The van der Waals surface area contributed by atoms with Crippen LogP contribution in [0.5, 0.6) is 5.75 Å². The standard InChI is InChI=1S/C21H25N3O4S2/c1-13(2)11-19(21(25)23-15-5-7-16(28-4)8-6-15)24-30(26,27)17-9-10-18-20(12-17)29-14(3)22-18/h5-10,12-13,19,24H,11H2,1-4H3,(H,23,25). The zero-order valence-electron chi connectivity index (χ0n) is 17.3. The number of aryl methyl sites for hydroxylation is 1. The maximum atomic E-state index is 13.0. The Morgan fingerprint density at radius 3 is 2.50 bits per heavy atom. The lowest BCUT2D eigenvalue weighted by Gasteiger charge is -2.20. The number of benzene rings is 2. The second-order valence-corrected chi connectivity index (χ2v) is 10.3. The first-order valence-corrected chi connectivity index (χ1v) is 11.8. The van der Waals surface area contributed by atoms with Gasteiger partial charge in [-0.25, -0.2) is 13.4 Å². The van der Waals surface area contributed by atoms with Crippen molar-refractivity contribution in [2.24, 2.45) is 5.92 Å². The number of thiazole rings is 1. The normalized spacial score (nSPS) is 12.8. The zero-order chi connectivity index (χ0) is 21.9. The van der Waals surface area contributed by atoms with Gasteiger partial charge in [0.2, 0.25) is 15.9 Å². The van der Waals surface area contributed by atoms with Crippen LogP contribution in [-0.4, -0.2) is 32.5 Å². The van der Waals surface area contributed by atoms with Crippen LogP contribution >= 0.6 is 11.3 Å². The van der Waals surface area contributed by atoms with Crippen molar-refractivity contribution in [3.8, 4) is 5.75 Å². The number of sulfonamides is 1. The Morgan fingerprint density at radius 1 is 1.17 bits per heavy atom. The van der Waals surface area contributed by atoms with Gasteiger partial charge in [0, 0.05) is 5.69 Å². The lowest BCUT2D eigenvalue weighted by molar-refractivity contribution is -0.118. The third-order valence-corrected chi connectivity index (χ3v) is 6.86. The first-order chi connectivity index (χ1) is 14.2. The smallest absolute Gasteiger partial charge is 0.242 e. The van der Waals surface area contributed by atoms with Crippen LogP contribution in [0.4, 0.5) is 5.69 Å². The highest BCUT2D eigenvalue weighted by atomic mass is 32.2. The summed E-state index contributed by atoms with van der Waals surface area (Å²) in [6.07, 6.45) is 0.364. The predicted octanol–water partition coefficient (Wildman–Crippen LogP) is 3.95. The van der Waals surface area contributed by atoms with Crippen molar-refractivity contribution < 1.29 is 17.9 Å². The van der Waals surface area contributed by atoms with Crippen molar-refractivity contribution in [3.05, 3.63) is 47.5 Å². The molecule has 3 aromatic rings. The molecule has 9 heteroatoms. The van der Waals surface area contributed by atoms with Crippen molar-refractivity contribution in [1.82, 2.24) is 9.71 Å². The minimum absolute atomic E-state index is 0.115. The fourth-order valence-electron chi connectivity index (χ4n) is 3.03. The van der Waals surface area contributed by atoms with Crippen molar-refractivity contribution in [2.45, 2.75) is 38.1 Å². The number of anilines is 1. The molecule has 0 aliphatic rings. The maximum absolute atomic E-state index is 13.0. The SMILES string of the molecule is COc1ccc(NC(=O)C(CC(C)C)NS(=O)(=O)c2ccc3nc(C)sc3c2)cc1. The third kappa shape index (κ3) is 5.35. The Hall–Kier alpha value is -2.49. The average molecular weight is 448 g/mol. The molecule has 0 fully saturated rings. The van der Waals surface area contributed by atoms with E-state index in [0.29, 0.717) is 17.9 Å². The molecule has 2 N–H and O–H groups in total. The summed E-state index contributed by atoms with van der Waals surface area (Å²) in [5.74, 6) is 0.374. The molecule has 0 saturated carbocycles. The largest absolute Gasteiger partial charge is 0.497 e. The highest BCUT2D eigenvalue weighted by Gasteiger charge is 2.27. The predicted molar refractivity (Wildman–Crippen MR) is 120 cm³/mol. The summed E-state index contributed by atoms with van der Waals surface area (Å²) in [4.78, 5) is 17.3. The quantitative estimate of drug-likeness (QED) is 0.545. The molecule has 0 bridgehead atoms. The Kier molecular flexibility index (Phi) is 6.74. The average Bonchev–Trinajstić information content (AvgIpc) is 3.06. The maximum Gasteiger partial charge on any atom is 0.242 e. The topological polar surface area (TPSA) is 97.4 Å². The zero-order valence-corrected chi connectivity index (χ0v) is 18.9. The van der Waals surface area contributed by atoms with Gasteiger partial charge < -0.3 is 10.1 Å². The summed E-state index contributed by atoms with van der Waals surface area (Å²) in [5, 5.41) is 3.64. The molecule has 3 rings (SSSR count). The van der Waals surface area contributed by atoms with Crippen molar-refractivity contribution >= 4 is 43.2 Å². The van der Waals surface area contributed by atoms with E-state index in [2.05, 4.69) is 15.0 Å². The first kappa shape index (κ1) is 22.2. The molecule has 0 radical (unpaired) electrons. The Bertz CT molecular complexity index is 1140. The minimum Gasteiger partial charge on any atom is -0.497 e. The second kappa shape index (κ2) is 9.11. The van der Waals surface area contributed by atoms with E-state index in [9.17, 15) is 13.2 Å². The molecule has 30 heavy (non-hydrogen) atoms. The molecule has 1 aromatic heterocycles. The number of carbonyl (C=O) groups is 1. The highest BCUT2D eigenvalue weighted by molar-refractivity contribution is 7.89. The lowest BCUT2D eigenvalue weighted by atomic mass is 10.0. The summed E-state index contributed by atoms with van der Waals surface area (Å²) in [6.45, 7) is 5.75. The van der Waals surface area contributed by atoms with Crippen LogP contribution in [0.3, 0.4) is 0 Å². The lowest BCUT2D eigenvalue weighted by Crippen LogP contribution is -2.44. The van der Waals surface area contributed by atoms with Crippen LogP contribution in [0.25, 0.3) is 10.2 Å². The van der Waals surface area contributed by atoms with Crippen molar-refractivity contribution in [2.75, 3.05) is 12.4 Å². The monoisotopic (exact) mass is 447 g/mol. The molecule has 0 spiro atoms. The van der Waals surface area contributed by atoms with Crippen LogP contribution in [0.2, 0.25) is 0 Å². The molecule has 0 saturated heterocycles. The molecule has 160 valence electrons. The molecular formula is C21H25N3O4S2. The molecule has 1 atom stereocenters. The minimum atomic E-state index is -3.89. The number of carbonyl (C=O) groups excluding carboxylic acids is 1. The number of nitrogens with one attached hydrogen (secondary N) is 2. The van der Waals surface area contributed by atoms with Gasteiger partial charge in [-0.05, 0) is 61.7 Å². The Labute approximate surface area is 180 Å². The Morgan fingerprint density at radius 2 is 1.87 bits per heavy atom. The molecule has 2 aromatic carbocycles. The van der Waals surface area contributed by atoms with Crippen molar-refractivity contribution in [1.29, 1.82) is 0 Å². The third-order valence-electron chi connectivity index (χ3n) is 4.46.